The number of phenols is 1. The highest BCUT2D eigenvalue weighted by Gasteiger charge is 2.48. The SMILES string of the molecule is COC(CO)C(O)C(O)C(O)OC1C(CO)OC(Oc2cc(O)cc(/C=C/c3ccc(OC4OC(CO)C(O)C(O)C4O)cc3)c2)C(O)C1O. The molecule has 2 aliphatic rings. The number of aromatic hydroxyl groups is 1. The molecular formula is C32H44O18. The van der Waals surface area contributed by atoms with Gasteiger partial charge >= 0.3 is 0 Å². The fourth-order valence-electron chi connectivity index (χ4n) is 5.32. The third-order valence-electron chi connectivity index (χ3n) is 8.24. The quantitative estimate of drug-likeness (QED) is 0.0617. The molecule has 280 valence electrons. The first-order valence-corrected chi connectivity index (χ1v) is 15.5. The Morgan fingerprint density at radius 2 is 1.26 bits per heavy atom. The summed E-state index contributed by atoms with van der Waals surface area (Å²) in [7, 11) is 1.15. The maximum atomic E-state index is 10.8. The molecule has 12 N–H and O–H groups in total. The highest BCUT2D eigenvalue weighted by molar-refractivity contribution is 5.71. The van der Waals surface area contributed by atoms with Crippen LogP contribution in [0.15, 0.2) is 42.5 Å². The summed E-state index contributed by atoms with van der Waals surface area (Å²) in [6, 6.07) is 10.5. The van der Waals surface area contributed by atoms with Gasteiger partial charge in [-0.1, -0.05) is 24.3 Å². The van der Waals surface area contributed by atoms with Crippen LogP contribution in [0.2, 0.25) is 0 Å². The van der Waals surface area contributed by atoms with Gasteiger partial charge in [-0.15, -0.1) is 0 Å². The van der Waals surface area contributed by atoms with Crippen molar-refractivity contribution < 1.29 is 89.7 Å². The third-order valence-corrected chi connectivity index (χ3v) is 8.24. The van der Waals surface area contributed by atoms with Crippen LogP contribution in [0.4, 0.5) is 0 Å². The summed E-state index contributed by atoms with van der Waals surface area (Å²) in [5, 5.41) is 121. The van der Waals surface area contributed by atoms with Gasteiger partial charge in [0, 0.05) is 13.2 Å². The summed E-state index contributed by atoms with van der Waals surface area (Å²) in [5.74, 6) is 0.0174. The maximum absolute atomic E-state index is 10.8. The Morgan fingerprint density at radius 3 is 1.86 bits per heavy atom. The van der Waals surface area contributed by atoms with Crippen molar-refractivity contribution in [2.75, 3.05) is 26.9 Å². The molecule has 18 heteroatoms. The van der Waals surface area contributed by atoms with Gasteiger partial charge in [-0.05, 0) is 35.4 Å². The van der Waals surface area contributed by atoms with Crippen LogP contribution in [-0.4, -0.2) is 174 Å². The van der Waals surface area contributed by atoms with E-state index in [0.717, 1.165) is 7.11 Å². The summed E-state index contributed by atoms with van der Waals surface area (Å²) in [5.41, 5.74) is 1.09. The summed E-state index contributed by atoms with van der Waals surface area (Å²) in [6.07, 6.45) is -19.4. The van der Waals surface area contributed by atoms with E-state index in [9.17, 15) is 61.3 Å². The van der Waals surface area contributed by atoms with E-state index in [2.05, 4.69) is 0 Å². The number of benzene rings is 2. The second kappa shape index (κ2) is 18.0. The largest absolute Gasteiger partial charge is 0.508 e. The Hall–Kier alpha value is -3.02. The Kier molecular flexibility index (Phi) is 14.3. The first kappa shape index (κ1) is 39.8. The van der Waals surface area contributed by atoms with E-state index < -0.39 is 106 Å². The first-order valence-electron chi connectivity index (χ1n) is 15.5. The van der Waals surface area contributed by atoms with Crippen LogP contribution in [0.3, 0.4) is 0 Å². The molecule has 4 rings (SSSR count). The summed E-state index contributed by atoms with van der Waals surface area (Å²) >= 11 is 0. The smallest absolute Gasteiger partial charge is 0.229 e. The van der Waals surface area contributed by atoms with E-state index in [-0.39, 0.29) is 17.2 Å². The third kappa shape index (κ3) is 9.44. The van der Waals surface area contributed by atoms with Crippen molar-refractivity contribution in [3.8, 4) is 17.2 Å². The van der Waals surface area contributed by atoms with Crippen molar-refractivity contribution in [1.82, 2.24) is 0 Å². The number of hydrogen-bond donors (Lipinski definition) is 12. The van der Waals surface area contributed by atoms with Crippen LogP contribution < -0.4 is 9.47 Å². The molecule has 0 amide bonds. The zero-order chi connectivity index (χ0) is 36.7. The standard InChI is InChI=1S/C32H44O18/c1-45-19(11-33)22(37)26(41)30(44)50-29-21(13-35)49-32(28(43)25(29)40)47-18-9-15(8-16(36)10-18)3-2-14-4-6-17(7-5-14)46-31-27(42)24(39)23(38)20(12-34)48-31/h2-10,19-44H,11-13H2,1H3/b3-2+. The predicted octanol–water partition coefficient (Wildman–Crippen LogP) is -4.01. The first-order chi connectivity index (χ1) is 23.8. The Balaban J connectivity index is 1.38. The van der Waals surface area contributed by atoms with E-state index in [1.54, 1.807) is 36.4 Å². The average molecular weight is 717 g/mol. The second-order valence-electron chi connectivity index (χ2n) is 11.7. The normalized spacial score (nSPS) is 32.7. The van der Waals surface area contributed by atoms with Crippen molar-refractivity contribution in [2.45, 2.75) is 86.0 Å². The summed E-state index contributed by atoms with van der Waals surface area (Å²) < 4.78 is 32.2. The minimum atomic E-state index is -2.16. The van der Waals surface area contributed by atoms with Gasteiger partial charge < -0.3 is 89.7 Å². The molecule has 0 aliphatic carbocycles. The van der Waals surface area contributed by atoms with Gasteiger partial charge in [-0.25, -0.2) is 0 Å². The monoisotopic (exact) mass is 716 g/mol. The van der Waals surface area contributed by atoms with Gasteiger partial charge in [0.25, 0.3) is 0 Å². The van der Waals surface area contributed by atoms with Gasteiger partial charge in [0.05, 0.1) is 19.8 Å². The van der Waals surface area contributed by atoms with Crippen molar-refractivity contribution in [1.29, 1.82) is 0 Å². The minimum Gasteiger partial charge on any atom is -0.508 e. The lowest BCUT2D eigenvalue weighted by atomic mass is 9.98. The molecule has 0 bridgehead atoms. The predicted molar refractivity (Wildman–Crippen MR) is 167 cm³/mol. The van der Waals surface area contributed by atoms with Gasteiger partial charge in [-0.2, -0.15) is 0 Å². The molecule has 18 nitrogen and oxygen atoms in total. The number of methoxy groups -OCH3 is 1. The lowest BCUT2D eigenvalue weighted by Gasteiger charge is -2.42. The van der Waals surface area contributed by atoms with Gasteiger partial charge in [0.2, 0.25) is 12.6 Å². The van der Waals surface area contributed by atoms with E-state index in [0.29, 0.717) is 11.1 Å². The molecule has 2 heterocycles. The number of phenolic OH excluding ortho intramolecular Hbond substituents is 1. The molecular weight excluding hydrogens is 672 g/mol. The van der Waals surface area contributed by atoms with Crippen LogP contribution >= 0.6 is 0 Å². The topological polar surface area (TPSA) is 298 Å². The van der Waals surface area contributed by atoms with Crippen LogP contribution in [0.25, 0.3) is 12.2 Å². The highest BCUT2D eigenvalue weighted by Crippen LogP contribution is 2.31. The van der Waals surface area contributed by atoms with Crippen molar-refractivity contribution in [3.63, 3.8) is 0 Å². The van der Waals surface area contributed by atoms with Crippen LogP contribution in [0.5, 0.6) is 17.2 Å². The molecule has 14 unspecified atom stereocenters. The Labute approximate surface area is 285 Å². The molecule has 2 aliphatic heterocycles. The number of aliphatic hydroxyl groups excluding tert-OH is 11. The zero-order valence-corrected chi connectivity index (χ0v) is 26.7. The summed E-state index contributed by atoms with van der Waals surface area (Å²) in [4.78, 5) is 0. The Bertz CT molecular complexity index is 1350. The Morgan fingerprint density at radius 1 is 0.680 bits per heavy atom. The number of rotatable bonds is 15. The van der Waals surface area contributed by atoms with Crippen molar-refractivity contribution >= 4 is 12.2 Å². The fourth-order valence-corrected chi connectivity index (χ4v) is 5.32. The second-order valence-corrected chi connectivity index (χ2v) is 11.7. The molecule has 2 aromatic rings. The molecule has 50 heavy (non-hydrogen) atoms. The molecule has 14 atom stereocenters. The van der Waals surface area contributed by atoms with Crippen molar-refractivity contribution in [3.05, 3.63) is 53.6 Å². The molecule has 2 aromatic carbocycles. The summed E-state index contributed by atoms with van der Waals surface area (Å²) in [6.45, 7) is -2.09. The molecule has 2 fully saturated rings. The van der Waals surface area contributed by atoms with E-state index in [4.69, 9.17) is 28.4 Å². The van der Waals surface area contributed by atoms with Crippen molar-refractivity contribution in [2.24, 2.45) is 0 Å². The molecule has 0 spiro atoms. The van der Waals surface area contributed by atoms with Gasteiger partial charge in [0.15, 0.2) is 6.29 Å². The van der Waals surface area contributed by atoms with E-state index in [1.165, 1.54) is 18.2 Å². The van der Waals surface area contributed by atoms with Gasteiger partial charge in [0.1, 0.15) is 84.4 Å². The minimum absolute atomic E-state index is 0.00609. The molecule has 0 radical (unpaired) electrons. The average Bonchev–Trinajstić information content (AvgIpc) is 3.11. The number of ether oxygens (including phenoxy) is 6. The van der Waals surface area contributed by atoms with Crippen LogP contribution in [0.1, 0.15) is 11.1 Å². The zero-order valence-electron chi connectivity index (χ0n) is 26.7. The van der Waals surface area contributed by atoms with Crippen LogP contribution in [-0.2, 0) is 18.9 Å². The highest BCUT2D eigenvalue weighted by atomic mass is 16.7. The number of hydrogen-bond acceptors (Lipinski definition) is 18. The van der Waals surface area contributed by atoms with Crippen LogP contribution in [0, 0.1) is 0 Å². The molecule has 0 saturated carbocycles. The number of aliphatic hydroxyl groups is 11. The van der Waals surface area contributed by atoms with E-state index >= 15 is 0 Å². The lowest BCUT2D eigenvalue weighted by molar-refractivity contribution is -0.319. The molecule has 0 aromatic heterocycles. The molecule has 2 saturated heterocycles. The van der Waals surface area contributed by atoms with E-state index in [1.807, 2.05) is 0 Å². The maximum Gasteiger partial charge on any atom is 0.229 e. The fraction of sp³-hybridized carbons (Fsp3) is 0.562. The lowest BCUT2D eigenvalue weighted by Crippen LogP contribution is -2.62. The van der Waals surface area contributed by atoms with Gasteiger partial charge in [-0.3, -0.25) is 0 Å².